The van der Waals surface area contributed by atoms with Crippen molar-refractivity contribution < 1.29 is 14.3 Å². The first kappa shape index (κ1) is 16.4. The van der Waals surface area contributed by atoms with Crippen molar-refractivity contribution in [1.82, 2.24) is 10.2 Å². The minimum atomic E-state index is -0.827. The maximum atomic E-state index is 13.1. The summed E-state index contributed by atoms with van der Waals surface area (Å²) in [5.41, 5.74) is -0.366. The summed E-state index contributed by atoms with van der Waals surface area (Å²) in [5.74, 6) is 1.05. The van der Waals surface area contributed by atoms with E-state index in [0.29, 0.717) is 6.54 Å². The van der Waals surface area contributed by atoms with Gasteiger partial charge in [0.25, 0.3) is 5.91 Å². The number of aryl methyl sites for hydroxylation is 1. The number of ether oxygens (including phenoxy) is 1. The molecule has 3 aliphatic heterocycles. The average Bonchev–Trinajstić information content (AvgIpc) is 3.09. The van der Waals surface area contributed by atoms with Gasteiger partial charge < -0.3 is 15.0 Å². The quantitative estimate of drug-likeness (QED) is 0.829. The van der Waals surface area contributed by atoms with E-state index in [0.717, 1.165) is 31.6 Å². The third kappa shape index (κ3) is 2.66. The number of thiophene rings is 1. The second kappa shape index (κ2) is 5.75. The summed E-state index contributed by atoms with van der Waals surface area (Å²) in [6.45, 7) is 4.74. The Morgan fingerprint density at radius 3 is 3.04 bits per heavy atom. The normalized spacial score (nSPS) is 31.8. The minimum Gasteiger partial charge on any atom is -0.338 e. The zero-order chi connectivity index (χ0) is 16.9. The summed E-state index contributed by atoms with van der Waals surface area (Å²) < 4.78 is 6.05. The number of amides is 2. The van der Waals surface area contributed by atoms with Gasteiger partial charge in [-0.3, -0.25) is 9.59 Å². The highest BCUT2D eigenvalue weighted by Gasteiger charge is 2.52. The molecule has 2 fully saturated rings. The van der Waals surface area contributed by atoms with Crippen LogP contribution in [0.2, 0.25) is 0 Å². The van der Waals surface area contributed by atoms with Gasteiger partial charge >= 0.3 is 0 Å². The van der Waals surface area contributed by atoms with Crippen LogP contribution in [0.4, 0.5) is 0 Å². The monoisotopic (exact) mass is 366 g/mol. The molecule has 130 valence electrons. The molecule has 24 heavy (non-hydrogen) atoms. The van der Waals surface area contributed by atoms with Crippen molar-refractivity contribution >= 4 is 34.9 Å². The van der Waals surface area contributed by atoms with Gasteiger partial charge in [0.1, 0.15) is 10.9 Å². The first-order valence-corrected chi connectivity index (χ1v) is 10.3. The Hall–Kier alpha value is -1.05. The van der Waals surface area contributed by atoms with Gasteiger partial charge in [-0.1, -0.05) is 0 Å². The molecule has 1 spiro atoms. The van der Waals surface area contributed by atoms with Crippen LogP contribution in [-0.4, -0.2) is 46.9 Å². The summed E-state index contributed by atoms with van der Waals surface area (Å²) in [7, 11) is 0. The van der Waals surface area contributed by atoms with E-state index in [1.54, 1.807) is 36.9 Å². The van der Waals surface area contributed by atoms with Gasteiger partial charge in [0.15, 0.2) is 5.72 Å². The van der Waals surface area contributed by atoms with Crippen LogP contribution in [0.15, 0.2) is 11.4 Å². The number of likely N-dealkylation sites (tertiary alicyclic amines) is 1. The molecule has 0 aliphatic carbocycles. The van der Waals surface area contributed by atoms with Gasteiger partial charge in [-0.15, -0.1) is 23.1 Å². The predicted molar refractivity (Wildman–Crippen MR) is 95.1 cm³/mol. The lowest BCUT2D eigenvalue weighted by Gasteiger charge is -2.41. The fourth-order valence-electron chi connectivity index (χ4n) is 3.83. The molecule has 1 N–H and O–H groups in total. The van der Waals surface area contributed by atoms with Gasteiger partial charge in [-0.05, 0) is 55.9 Å². The molecule has 0 radical (unpaired) electrons. The van der Waals surface area contributed by atoms with Crippen molar-refractivity contribution in [1.29, 1.82) is 0 Å². The molecule has 0 saturated carbocycles. The Balaban J connectivity index is 1.54. The molecule has 0 aromatic carbocycles. The fourth-order valence-corrected chi connectivity index (χ4v) is 6.20. The van der Waals surface area contributed by atoms with Crippen molar-refractivity contribution in [2.75, 3.05) is 18.8 Å². The number of carbonyl (C=O) groups is 2. The van der Waals surface area contributed by atoms with Crippen LogP contribution in [0, 0.1) is 0 Å². The average molecular weight is 367 g/mol. The molecule has 7 heteroatoms. The van der Waals surface area contributed by atoms with Gasteiger partial charge in [-0.25, -0.2) is 0 Å². The molecule has 4 rings (SSSR count). The topological polar surface area (TPSA) is 58.6 Å². The Morgan fingerprint density at radius 1 is 1.46 bits per heavy atom. The summed E-state index contributed by atoms with van der Waals surface area (Å²) in [6.07, 6.45) is 2.65. The van der Waals surface area contributed by atoms with E-state index in [4.69, 9.17) is 4.74 Å². The zero-order valence-electron chi connectivity index (χ0n) is 14.0. The van der Waals surface area contributed by atoms with E-state index < -0.39 is 11.3 Å². The van der Waals surface area contributed by atoms with Crippen LogP contribution in [0.1, 0.15) is 42.4 Å². The Bertz CT molecular complexity index is 687. The number of carbonyl (C=O) groups excluding carboxylic acids is 2. The molecule has 0 bridgehead atoms. The highest BCUT2D eigenvalue weighted by molar-refractivity contribution is 8.00. The van der Waals surface area contributed by atoms with E-state index in [2.05, 4.69) is 16.8 Å². The lowest BCUT2D eigenvalue weighted by molar-refractivity contribution is -0.152. The molecular weight excluding hydrogens is 344 g/mol. The Morgan fingerprint density at radius 2 is 2.29 bits per heavy atom. The molecule has 1 aromatic rings. The molecular formula is C17H22N2O3S2. The van der Waals surface area contributed by atoms with Gasteiger partial charge in [-0.2, -0.15) is 0 Å². The van der Waals surface area contributed by atoms with Gasteiger partial charge in [0.05, 0.1) is 6.54 Å². The first-order valence-electron chi connectivity index (χ1n) is 8.40. The molecule has 2 unspecified atom stereocenters. The standard InChI is InChI=1S/C17H22N2O3S2/c1-16(2)15(21)18-17(22-16)6-3-7-19(10-17)14(20)13-11-4-8-23-12(11)5-9-24-13/h4,8,13H,3,5-7,9-10H2,1-2H3,(H,18,21). The second-order valence-electron chi connectivity index (χ2n) is 7.22. The molecule has 2 atom stereocenters. The molecule has 5 nitrogen and oxygen atoms in total. The smallest absolute Gasteiger partial charge is 0.254 e. The van der Waals surface area contributed by atoms with E-state index >= 15 is 0 Å². The zero-order valence-corrected chi connectivity index (χ0v) is 15.6. The van der Waals surface area contributed by atoms with Gasteiger partial charge in [0.2, 0.25) is 5.91 Å². The highest BCUT2D eigenvalue weighted by atomic mass is 32.2. The van der Waals surface area contributed by atoms with Crippen molar-refractivity contribution in [3.8, 4) is 0 Å². The summed E-state index contributed by atoms with van der Waals surface area (Å²) in [6, 6.07) is 2.09. The van der Waals surface area contributed by atoms with E-state index in [1.807, 2.05) is 4.90 Å². The molecule has 1 aromatic heterocycles. The van der Waals surface area contributed by atoms with Crippen molar-refractivity contribution in [2.45, 2.75) is 49.7 Å². The summed E-state index contributed by atoms with van der Waals surface area (Å²) >= 11 is 3.48. The lowest BCUT2D eigenvalue weighted by atomic mass is 10.0. The van der Waals surface area contributed by atoms with Gasteiger partial charge in [0, 0.05) is 11.4 Å². The SMILES string of the molecule is CC1(C)OC2(CCCN(C(=O)C3SCCc4sccc43)C2)NC1=O. The van der Waals surface area contributed by atoms with Crippen molar-refractivity contribution in [2.24, 2.45) is 0 Å². The highest BCUT2D eigenvalue weighted by Crippen LogP contribution is 2.42. The molecule has 2 amide bonds. The lowest BCUT2D eigenvalue weighted by Crippen LogP contribution is -2.57. The minimum absolute atomic E-state index is 0.0936. The fraction of sp³-hybridized carbons (Fsp3) is 0.647. The van der Waals surface area contributed by atoms with E-state index in [-0.39, 0.29) is 17.1 Å². The predicted octanol–water partition coefficient (Wildman–Crippen LogP) is 2.32. The summed E-state index contributed by atoms with van der Waals surface area (Å²) in [5, 5.41) is 4.97. The van der Waals surface area contributed by atoms with E-state index in [9.17, 15) is 9.59 Å². The molecule has 2 saturated heterocycles. The van der Waals surface area contributed by atoms with Crippen LogP contribution in [0.3, 0.4) is 0 Å². The number of piperidine rings is 1. The number of fused-ring (bicyclic) bond motifs is 1. The van der Waals surface area contributed by atoms with Crippen LogP contribution in [-0.2, 0) is 20.7 Å². The first-order chi connectivity index (χ1) is 11.4. The van der Waals surface area contributed by atoms with Crippen LogP contribution in [0.25, 0.3) is 0 Å². The maximum absolute atomic E-state index is 13.1. The third-order valence-electron chi connectivity index (χ3n) is 5.01. The molecule has 3 aliphatic rings. The summed E-state index contributed by atoms with van der Waals surface area (Å²) in [4.78, 5) is 28.5. The number of hydrogen-bond donors (Lipinski definition) is 1. The largest absolute Gasteiger partial charge is 0.338 e. The maximum Gasteiger partial charge on any atom is 0.254 e. The Kier molecular flexibility index (Phi) is 3.93. The number of nitrogens with one attached hydrogen (secondary N) is 1. The number of rotatable bonds is 1. The molecule has 4 heterocycles. The van der Waals surface area contributed by atoms with Crippen LogP contribution in [0.5, 0.6) is 0 Å². The number of hydrogen-bond acceptors (Lipinski definition) is 5. The van der Waals surface area contributed by atoms with Crippen LogP contribution < -0.4 is 5.32 Å². The van der Waals surface area contributed by atoms with Crippen LogP contribution >= 0.6 is 23.1 Å². The van der Waals surface area contributed by atoms with Crippen molar-refractivity contribution in [3.05, 3.63) is 21.9 Å². The number of thioether (sulfide) groups is 1. The third-order valence-corrected chi connectivity index (χ3v) is 7.23. The van der Waals surface area contributed by atoms with E-state index in [1.165, 1.54) is 10.4 Å². The number of nitrogens with zero attached hydrogens (tertiary/aromatic N) is 1. The van der Waals surface area contributed by atoms with Crippen molar-refractivity contribution in [3.63, 3.8) is 0 Å². The second-order valence-corrected chi connectivity index (χ2v) is 9.44. The Labute approximate surface area is 150 Å².